The summed E-state index contributed by atoms with van der Waals surface area (Å²) in [5, 5.41) is 1.13. The molecule has 3 aromatic carbocycles. The normalized spacial score (nSPS) is 24.4. The van der Waals surface area contributed by atoms with Crippen LogP contribution in [0.15, 0.2) is 72.8 Å². The van der Waals surface area contributed by atoms with Crippen molar-refractivity contribution >= 4 is 69.9 Å². The number of rotatable bonds is 3. The van der Waals surface area contributed by atoms with Crippen LogP contribution in [0.3, 0.4) is 0 Å². The van der Waals surface area contributed by atoms with Gasteiger partial charge in [-0.1, -0.05) is 65.2 Å². The number of carbonyl (C=O) groups is 3. The predicted octanol–water partition coefficient (Wildman–Crippen LogP) is 5.92. The monoisotopic (exact) mass is 522 g/mol. The first kappa shape index (κ1) is 22.4. The molecule has 0 bridgehead atoms. The number of nitrogens with zero attached hydrogens (tertiary/aromatic N) is 2. The molecule has 0 aromatic heterocycles. The molecule has 0 radical (unpaired) electrons. The van der Waals surface area contributed by atoms with Crippen LogP contribution in [-0.4, -0.2) is 29.7 Å². The molecule has 3 aliphatic rings. The molecule has 5 nitrogen and oxygen atoms in total. The maximum atomic E-state index is 13.9. The summed E-state index contributed by atoms with van der Waals surface area (Å²) in [6, 6.07) is 17.5. The zero-order valence-corrected chi connectivity index (χ0v) is 20.3. The Labute approximate surface area is 216 Å². The molecule has 2 fully saturated rings. The van der Waals surface area contributed by atoms with Crippen molar-refractivity contribution in [1.82, 2.24) is 0 Å². The fourth-order valence-electron chi connectivity index (χ4n) is 5.52. The van der Waals surface area contributed by atoms with Crippen molar-refractivity contribution in [3.8, 4) is 0 Å². The Morgan fingerprint density at radius 1 is 0.771 bits per heavy atom. The van der Waals surface area contributed by atoms with Crippen LogP contribution >= 0.6 is 34.8 Å². The number of para-hydroxylation sites is 1. The number of amides is 2. The van der Waals surface area contributed by atoms with Crippen LogP contribution in [-0.2, 0) is 9.59 Å². The molecule has 4 atom stereocenters. The van der Waals surface area contributed by atoms with Crippen LogP contribution < -0.4 is 9.80 Å². The van der Waals surface area contributed by atoms with E-state index in [1.807, 2.05) is 41.3 Å². The Bertz CT molecular complexity index is 1420. The second kappa shape index (κ2) is 8.23. The van der Waals surface area contributed by atoms with Gasteiger partial charge in [0.25, 0.3) is 0 Å². The molecule has 174 valence electrons. The number of anilines is 2. The second-order valence-corrected chi connectivity index (χ2v) is 10.1. The lowest BCUT2D eigenvalue weighted by atomic mass is 9.86. The van der Waals surface area contributed by atoms with Gasteiger partial charge in [0.1, 0.15) is 6.04 Å². The van der Waals surface area contributed by atoms with E-state index in [0.29, 0.717) is 26.3 Å². The van der Waals surface area contributed by atoms with Crippen molar-refractivity contribution in [2.24, 2.45) is 11.8 Å². The number of imide groups is 1. The molecule has 0 spiro atoms. The summed E-state index contributed by atoms with van der Waals surface area (Å²) in [7, 11) is 0. The molecule has 0 unspecified atom stereocenters. The van der Waals surface area contributed by atoms with Gasteiger partial charge in [-0.2, -0.15) is 0 Å². The number of Topliss-reactive ketones (excluding diaryl/α,β-unsaturated/α-hetero) is 1. The van der Waals surface area contributed by atoms with Gasteiger partial charge < -0.3 is 4.90 Å². The van der Waals surface area contributed by atoms with Crippen LogP contribution in [0.1, 0.15) is 15.9 Å². The summed E-state index contributed by atoms with van der Waals surface area (Å²) in [4.78, 5) is 44.6. The zero-order chi connectivity index (χ0) is 24.4. The highest BCUT2D eigenvalue weighted by molar-refractivity contribution is 6.36. The fourth-order valence-corrected chi connectivity index (χ4v) is 6.16. The Balaban J connectivity index is 1.50. The van der Waals surface area contributed by atoms with E-state index >= 15 is 0 Å². The SMILES string of the molecule is O=C(c1ccc(Cl)cc1)[C@@H]1[C@@H]2C(=O)N(c3cc(Cl)cc(Cl)c3)C(=O)[C@H]2[C@@H]2C=Cc3ccccc3N12. The summed E-state index contributed by atoms with van der Waals surface area (Å²) in [6.45, 7) is 0. The third kappa shape index (κ3) is 3.41. The highest BCUT2D eigenvalue weighted by Gasteiger charge is 2.64. The third-order valence-corrected chi connectivity index (χ3v) is 7.61. The largest absolute Gasteiger partial charge is 0.352 e. The van der Waals surface area contributed by atoms with Crippen LogP contribution in [0.5, 0.6) is 0 Å². The highest BCUT2D eigenvalue weighted by atomic mass is 35.5. The predicted molar refractivity (Wildman–Crippen MR) is 137 cm³/mol. The molecule has 6 rings (SSSR count). The number of fused-ring (bicyclic) bond motifs is 5. The third-order valence-electron chi connectivity index (χ3n) is 6.92. The average Bonchev–Trinajstić information content (AvgIpc) is 3.31. The van der Waals surface area contributed by atoms with Crippen molar-refractivity contribution in [1.29, 1.82) is 0 Å². The van der Waals surface area contributed by atoms with E-state index in [9.17, 15) is 14.4 Å². The van der Waals surface area contributed by atoms with E-state index in [0.717, 1.165) is 16.2 Å². The minimum Gasteiger partial charge on any atom is -0.352 e. The average molecular weight is 524 g/mol. The lowest BCUT2D eigenvalue weighted by Crippen LogP contribution is -2.48. The number of hydrogen-bond donors (Lipinski definition) is 0. The number of benzene rings is 3. The van der Waals surface area contributed by atoms with Crippen LogP contribution in [0.4, 0.5) is 11.4 Å². The van der Waals surface area contributed by atoms with Crippen molar-refractivity contribution in [3.05, 3.63) is 99.0 Å². The van der Waals surface area contributed by atoms with Gasteiger partial charge in [-0.25, -0.2) is 4.90 Å². The first-order valence-corrected chi connectivity index (χ1v) is 12.2. The van der Waals surface area contributed by atoms with Gasteiger partial charge in [-0.15, -0.1) is 0 Å². The molecule has 3 heterocycles. The van der Waals surface area contributed by atoms with E-state index in [-0.39, 0.29) is 11.7 Å². The summed E-state index contributed by atoms with van der Waals surface area (Å²) < 4.78 is 0. The van der Waals surface area contributed by atoms with E-state index in [2.05, 4.69) is 0 Å². The van der Waals surface area contributed by atoms with Gasteiger partial charge in [0.15, 0.2) is 5.78 Å². The molecule has 0 N–H and O–H groups in total. The minimum absolute atomic E-state index is 0.239. The van der Waals surface area contributed by atoms with E-state index < -0.39 is 29.8 Å². The van der Waals surface area contributed by atoms with Crippen LogP contribution in [0.2, 0.25) is 15.1 Å². The van der Waals surface area contributed by atoms with Crippen molar-refractivity contribution in [2.45, 2.75) is 12.1 Å². The molecule has 35 heavy (non-hydrogen) atoms. The van der Waals surface area contributed by atoms with Crippen molar-refractivity contribution in [2.75, 3.05) is 9.80 Å². The van der Waals surface area contributed by atoms with Crippen molar-refractivity contribution in [3.63, 3.8) is 0 Å². The fraction of sp³-hybridized carbons (Fsp3) is 0.148. The van der Waals surface area contributed by atoms with Crippen molar-refractivity contribution < 1.29 is 14.4 Å². The first-order chi connectivity index (χ1) is 16.8. The maximum Gasteiger partial charge on any atom is 0.240 e. The molecule has 8 heteroatoms. The van der Waals surface area contributed by atoms with E-state index in [4.69, 9.17) is 34.8 Å². The van der Waals surface area contributed by atoms with E-state index in [1.165, 1.54) is 18.2 Å². The lowest BCUT2D eigenvalue weighted by Gasteiger charge is -2.36. The standard InChI is InChI=1S/C27H17Cl3N2O3/c28-16-8-5-15(6-9-16)25(33)24-23-22(21-10-7-14-3-1-2-4-20(14)32(21)24)26(34)31(27(23)35)19-12-17(29)11-18(30)13-19/h1-13,21-24H/t21-,22-,23+,24-/m0/s1. The number of hydrogen-bond acceptors (Lipinski definition) is 4. The smallest absolute Gasteiger partial charge is 0.240 e. The molecule has 3 aliphatic heterocycles. The first-order valence-electron chi connectivity index (χ1n) is 11.0. The Kier molecular flexibility index (Phi) is 5.26. The molecule has 0 aliphatic carbocycles. The molecule has 3 aromatic rings. The topological polar surface area (TPSA) is 57.7 Å². The van der Waals surface area contributed by atoms with Crippen LogP contribution in [0.25, 0.3) is 6.08 Å². The second-order valence-electron chi connectivity index (χ2n) is 8.82. The summed E-state index contributed by atoms with van der Waals surface area (Å²) >= 11 is 18.4. The van der Waals surface area contributed by atoms with Gasteiger partial charge >= 0.3 is 0 Å². The molecule has 2 amide bonds. The van der Waals surface area contributed by atoms with Gasteiger partial charge in [-0.3, -0.25) is 14.4 Å². The van der Waals surface area contributed by atoms with Crippen LogP contribution in [0, 0.1) is 11.8 Å². The van der Waals surface area contributed by atoms with E-state index in [1.54, 1.807) is 24.3 Å². The summed E-state index contributed by atoms with van der Waals surface area (Å²) in [6.07, 6.45) is 3.86. The van der Waals surface area contributed by atoms with Gasteiger partial charge in [-0.05, 0) is 54.1 Å². The number of halogens is 3. The Morgan fingerprint density at radius 2 is 1.43 bits per heavy atom. The summed E-state index contributed by atoms with van der Waals surface area (Å²) in [5.41, 5.74) is 2.47. The Morgan fingerprint density at radius 3 is 2.14 bits per heavy atom. The molecule has 2 saturated heterocycles. The number of carbonyl (C=O) groups excluding carboxylic acids is 3. The quantitative estimate of drug-likeness (QED) is 0.316. The molecular formula is C27H17Cl3N2O3. The maximum absolute atomic E-state index is 13.9. The number of ketones is 1. The lowest BCUT2D eigenvalue weighted by molar-refractivity contribution is -0.122. The highest BCUT2D eigenvalue weighted by Crippen LogP contribution is 2.50. The van der Waals surface area contributed by atoms with Gasteiger partial charge in [0.05, 0.1) is 23.6 Å². The van der Waals surface area contributed by atoms with Gasteiger partial charge in [0.2, 0.25) is 11.8 Å². The Hall–Kier alpha value is -3.12. The molecular weight excluding hydrogens is 507 g/mol. The minimum atomic E-state index is -0.871. The summed E-state index contributed by atoms with van der Waals surface area (Å²) in [5.74, 6) is -2.65. The van der Waals surface area contributed by atoms with Gasteiger partial charge in [0, 0.05) is 26.3 Å². The zero-order valence-electron chi connectivity index (χ0n) is 18.1. The molecule has 0 saturated carbocycles.